The van der Waals surface area contributed by atoms with E-state index >= 15 is 0 Å². The molecular formula is C39H30F5N5OPt. The molecule has 0 aliphatic carbocycles. The monoisotopic (exact) mass is 874 g/mol. The predicted octanol–water partition coefficient (Wildman–Crippen LogP) is 10.1. The summed E-state index contributed by atoms with van der Waals surface area (Å²) in [5.74, 6) is -9.16. The average Bonchev–Trinajstić information content (AvgIpc) is 3.69. The first-order valence-electron chi connectivity index (χ1n) is 15.8. The van der Waals surface area contributed by atoms with Crippen LogP contribution in [0.4, 0.5) is 22.0 Å². The molecular weight excluding hydrogens is 845 g/mol. The van der Waals surface area contributed by atoms with Crippen LogP contribution in [0.5, 0.6) is 11.6 Å². The van der Waals surface area contributed by atoms with Gasteiger partial charge in [0.05, 0.1) is 17.0 Å². The molecule has 0 aliphatic heterocycles. The molecule has 0 atom stereocenters. The Kier molecular flexibility index (Phi) is 9.17. The first kappa shape index (κ1) is 35.9. The van der Waals surface area contributed by atoms with Crippen LogP contribution in [0.25, 0.3) is 50.3 Å². The summed E-state index contributed by atoms with van der Waals surface area (Å²) in [4.78, 5) is 9.31. The third-order valence-corrected chi connectivity index (χ3v) is 8.55. The van der Waals surface area contributed by atoms with Gasteiger partial charge in [0.25, 0.3) is 0 Å². The molecule has 0 spiro atoms. The average molecular weight is 875 g/mol. The molecule has 4 aromatic heterocycles. The molecule has 0 radical (unpaired) electrons. The van der Waals surface area contributed by atoms with Crippen LogP contribution in [0, 0.1) is 35.2 Å². The molecule has 0 fully saturated rings. The van der Waals surface area contributed by atoms with Gasteiger partial charge in [0.15, 0.2) is 23.3 Å². The van der Waals surface area contributed by atoms with Gasteiger partial charge in [-0.05, 0) is 57.7 Å². The van der Waals surface area contributed by atoms with Gasteiger partial charge in [-0.3, -0.25) is 0 Å². The van der Waals surface area contributed by atoms with E-state index in [0.717, 1.165) is 44.8 Å². The molecule has 262 valence electrons. The van der Waals surface area contributed by atoms with E-state index in [1.54, 1.807) is 24.4 Å². The number of fused-ring (bicyclic) bond motifs is 3. The minimum Gasteiger partial charge on any atom is -0.573 e. The summed E-state index contributed by atoms with van der Waals surface area (Å²) in [5.41, 5.74) is 1.62. The van der Waals surface area contributed by atoms with Crippen molar-refractivity contribution < 1.29 is 47.8 Å². The molecule has 6 nitrogen and oxygen atoms in total. The second kappa shape index (κ2) is 13.0. The summed E-state index contributed by atoms with van der Waals surface area (Å²) in [6.07, 6.45) is 1.80. The maximum Gasteiger partial charge on any atom is 2.00 e. The van der Waals surface area contributed by atoms with Crippen LogP contribution in [-0.2, 0) is 31.9 Å². The summed E-state index contributed by atoms with van der Waals surface area (Å²) in [5, 5.41) is 9.67. The van der Waals surface area contributed by atoms with Crippen LogP contribution in [0.2, 0.25) is 0 Å². The SMILES string of the molecule is CC(C)(C)c1cc(Oc2[c-]c3c(cc2)c2ccccc2n3-c2cc(C(C)(C)C)ccn2)nc(-c2cc(-c3c(F)c(F)c(F)c(F)c3F)n[n-]2)c1.[Pt+2]. The zero-order valence-corrected chi connectivity index (χ0v) is 30.6. The fourth-order valence-electron chi connectivity index (χ4n) is 5.79. The van der Waals surface area contributed by atoms with Gasteiger partial charge in [0, 0.05) is 23.5 Å². The van der Waals surface area contributed by atoms with Crippen molar-refractivity contribution in [3.05, 3.63) is 119 Å². The summed E-state index contributed by atoms with van der Waals surface area (Å²) in [7, 11) is 0. The quantitative estimate of drug-likeness (QED) is 0.0746. The van der Waals surface area contributed by atoms with Crippen molar-refractivity contribution in [3.63, 3.8) is 0 Å². The number of halogens is 5. The van der Waals surface area contributed by atoms with E-state index in [1.807, 2.05) is 61.7 Å². The van der Waals surface area contributed by atoms with Crippen molar-refractivity contribution in [2.75, 3.05) is 0 Å². The van der Waals surface area contributed by atoms with Gasteiger partial charge in [0.2, 0.25) is 11.7 Å². The number of rotatable bonds is 5. The Morgan fingerprint density at radius 1 is 0.706 bits per heavy atom. The number of ether oxygens (including phenoxy) is 1. The van der Waals surface area contributed by atoms with Crippen LogP contribution in [0.3, 0.4) is 0 Å². The van der Waals surface area contributed by atoms with Crippen molar-refractivity contribution in [3.8, 4) is 40.1 Å². The van der Waals surface area contributed by atoms with Gasteiger partial charge in [0.1, 0.15) is 5.82 Å². The molecule has 7 rings (SSSR count). The van der Waals surface area contributed by atoms with Crippen LogP contribution in [0.1, 0.15) is 52.7 Å². The maximum atomic E-state index is 14.6. The molecule has 4 heterocycles. The van der Waals surface area contributed by atoms with Crippen LogP contribution < -0.4 is 9.84 Å². The Morgan fingerprint density at radius 2 is 1.37 bits per heavy atom. The van der Waals surface area contributed by atoms with E-state index in [9.17, 15) is 22.0 Å². The fraction of sp³-hybridized carbons (Fsp3) is 0.205. The zero-order chi connectivity index (χ0) is 35.7. The Hall–Kier alpha value is -4.89. The zero-order valence-electron chi connectivity index (χ0n) is 28.3. The number of para-hydroxylation sites is 1. The van der Waals surface area contributed by atoms with Crippen LogP contribution in [0.15, 0.2) is 72.9 Å². The van der Waals surface area contributed by atoms with Crippen molar-refractivity contribution in [2.24, 2.45) is 0 Å². The molecule has 0 aliphatic rings. The summed E-state index contributed by atoms with van der Waals surface area (Å²) < 4.78 is 79.1. The molecule has 0 N–H and O–H groups in total. The molecule has 0 saturated heterocycles. The first-order valence-corrected chi connectivity index (χ1v) is 15.8. The van der Waals surface area contributed by atoms with Gasteiger partial charge in [-0.2, -0.15) is 6.07 Å². The topological polar surface area (TPSA) is 66.9 Å². The van der Waals surface area contributed by atoms with Crippen LogP contribution in [-0.4, -0.2) is 19.6 Å². The summed E-state index contributed by atoms with van der Waals surface area (Å²) >= 11 is 0. The Morgan fingerprint density at radius 3 is 2.06 bits per heavy atom. The second-order valence-corrected chi connectivity index (χ2v) is 14.1. The van der Waals surface area contributed by atoms with E-state index < -0.39 is 45.8 Å². The number of nitrogens with zero attached hydrogens (tertiary/aromatic N) is 5. The van der Waals surface area contributed by atoms with E-state index in [2.05, 4.69) is 48.1 Å². The number of hydrogen-bond acceptors (Lipinski definition) is 4. The van der Waals surface area contributed by atoms with E-state index in [1.165, 1.54) is 0 Å². The van der Waals surface area contributed by atoms with Gasteiger partial charge < -0.3 is 19.5 Å². The largest absolute Gasteiger partial charge is 2.00 e. The first-order chi connectivity index (χ1) is 23.6. The van der Waals surface area contributed by atoms with Crippen molar-refractivity contribution in [1.29, 1.82) is 0 Å². The number of hydrogen-bond donors (Lipinski definition) is 0. The van der Waals surface area contributed by atoms with E-state index in [0.29, 0.717) is 5.75 Å². The Balaban J connectivity index is 0.00000448. The molecule has 0 saturated carbocycles. The summed E-state index contributed by atoms with van der Waals surface area (Å²) in [6.45, 7) is 12.4. The van der Waals surface area contributed by atoms with Gasteiger partial charge in [-0.15, -0.1) is 17.5 Å². The summed E-state index contributed by atoms with van der Waals surface area (Å²) in [6, 6.07) is 23.8. The van der Waals surface area contributed by atoms with E-state index in [4.69, 9.17) is 9.72 Å². The maximum absolute atomic E-state index is 14.6. The third-order valence-electron chi connectivity index (χ3n) is 8.55. The number of pyridine rings is 2. The van der Waals surface area contributed by atoms with Crippen molar-refractivity contribution >= 4 is 21.8 Å². The van der Waals surface area contributed by atoms with Gasteiger partial charge in [-0.25, -0.2) is 31.9 Å². The standard InChI is InChI=1S/C39H30F5N5O.Pt/c1-38(2,3)20-13-14-45-30(16-20)49-28-10-8-7-9-23(28)24-12-11-22(18-29(24)49)50-31-17-21(39(4,5)6)15-25(46-31)26-19-27(48-47-26)32-33(40)35(42)37(44)36(43)34(32)41;/h7-17,19H,1-6H3;/q-2;+2. The molecule has 51 heavy (non-hydrogen) atoms. The molecule has 0 unspecified atom stereocenters. The molecule has 0 bridgehead atoms. The normalized spacial score (nSPS) is 12.1. The molecule has 12 heteroatoms. The molecule has 0 amide bonds. The minimum absolute atomic E-state index is 0. The fourth-order valence-corrected chi connectivity index (χ4v) is 5.79. The number of benzene rings is 3. The van der Waals surface area contributed by atoms with Crippen molar-refractivity contribution in [2.45, 2.75) is 52.4 Å². The number of aromatic nitrogens is 5. The third kappa shape index (κ3) is 6.44. The predicted molar refractivity (Wildman–Crippen MR) is 181 cm³/mol. The van der Waals surface area contributed by atoms with Crippen LogP contribution >= 0.6 is 0 Å². The van der Waals surface area contributed by atoms with E-state index in [-0.39, 0.29) is 43.7 Å². The Bertz CT molecular complexity index is 2430. The van der Waals surface area contributed by atoms with Gasteiger partial charge >= 0.3 is 21.1 Å². The van der Waals surface area contributed by atoms with Gasteiger partial charge in [-0.1, -0.05) is 71.0 Å². The minimum atomic E-state index is -2.25. The molecule has 7 aromatic rings. The van der Waals surface area contributed by atoms with Crippen molar-refractivity contribution in [1.82, 2.24) is 24.7 Å². The smallest absolute Gasteiger partial charge is 0.573 e. The molecule has 3 aromatic carbocycles. The second-order valence-electron chi connectivity index (χ2n) is 14.1. The Labute approximate surface area is 305 Å².